The first-order valence-corrected chi connectivity index (χ1v) is 5.10. The SMILES string of the molecule is CCc1nc([C@@H]2CCCN2)[nH]c1C. The van der Waals surface area contributed by atoms with Crippen LogP contribution in [-0.4, -0.2) is 16.5 Å². The van der Waals surface area contributed by atoms with Gasteiger partial charge >= 0.3 is 0 Å². The van der Waals surface area contributed by atoms with Crippen LogP contribution in [0.5, 0.6) is 0 Å². The number of nitrogens with zero attached hydrogens (tertiary/aromatic N) is 1. The molecule has 1 aromatic heterocycles. The Kier molecular flexibility index (Phi) is 2.36. The van der Waals surface area contributed by atoms with Crippen molar-refractivity contribution in [1.29, 1.82) is 0 Å². The smallest absolute Gasteiger partial charge is 0.123 e. The molecule has 1 aliphatic rings. The molecule has 1 atom stereocenters. The number of aromatic amines is 1. The van der Waals surface area contributed by atoms with E-state index in [0.717, 1.165) is 18.8 Å². The van der Waals surface area contributed by atoms with Gasteiger partial charge in [0.05, 0.1) is 11.7 Å². The molecule has 2 rings (SSSR count). The van der Waals surface area contributed by atoms with Crippen LogP contribution in [0.2, 0.25) is 0 Å². The lowest BCUT2D eigenvalue weighted by molar-refractivity contribution is 0.610. The number of aromatic nitrogens is 2. The summed E-state index contributed by atoms with van der Waals surface area (Å²) in [5.74, 6) is 1.13. The minimum Gasteiger partial charge on any atom is -0.345 e. The lowest BCUT2D eigenvalue weighted by atomic mass is 10.2. The molecule has 72 valence electrons. The number of aryl methyl sites for hydroxylation is 2. The Morgan fingerprint density at radius 2 is 2.38 bits per heavy atom. The summed E-state index contributed by atoms with van der Waals surface area (Å²) in [7, 11) is 0. The van der Waals surface area contributed by atoms with Crippen LogP contribution in [-0.2, 0) is 6.42 Å². The maximum atomic E-state index is 4.59. The zero-order valence-corrected chi connectivity index (χ0v) is 8.35. The molecule has 2 heterocycles. The van der Waals surface area contributed by atoms with Crippen LogP contribution in [0.25, 0.3) is 0 Å². The summed E-state index contributed by atoms with van der Waals surface area (Å²) in [6.45, 7) is 5.38. The Balaban J connectivity index is 2.20. The highest BCUT2D eigenvalue weighted by atomic mass is 15.0. The van der Waals surface area contributed by atoms with Gasteiger partial charge in [0.2, 0.25) is 0 Å². The van der Waals surface area contributed by atoms with E-state index in [9.17, 15) is 0 Å². The van der Waals surface area contributed by atoms with Crippen LogP contribution >= 0.6 is 0 Å². The van der Waals surface area contributed by atoms with Crippen molar-refractivity contribution in [3.05, 3.63) is 17.2 Å². The molecule has 0 saturated carbocycles. The van der Waals surface area contributed by atoms with E-state index in [2.05, 4.69) is 29.1 Å². The zero-order chi connectivity index (χ0) is 9.26. The van der Waals surface area contributed by atoms with Gasteiger partial charge in [-0.3, -0.25) is 0 Å². The first-order chi connectivity index (χ1) is 6.31. The first-order valence-electron chi connectivity index (χ1n) is 5.10. The third kappa shape index (κ3) is 1.61. The molecule has 0 aromatic carbocycles. The van der Waals surface area contributed by atoms with Gasteiger partial charge in [0, 0.05) is 5.69 Å². The Morgan fingerprint density at radius 3 is 2.92 bits per heavy atom. The largest absolute Gasteiger partial charge is 0.345 e. The van der Waals surface area contributed by atoms with Crippen LogP contribution in [0, 0.1) is 6.92 Å². The summed E-state index contributed by atoms with van der Waals surface area (Å²) in [4.78, 5) is 7.96. The fourth-order valence-electron chi connectivity index (χ4n) is 1.95. The van der Waals surface area contributed by atoms with Crippen LogP contribution in [0.3, 0.4) is 0 Å². The molecule has 1 aromatic rings. The molecule has 0 amide bonds. The van der Waals surface area contributed by atoms with Crippen molar-refractivity contribution in [2.45, 2.75) is 39.2 Å². The van der Waals surface area contributed by atoms with Crippen LogP contribution in [0.1, 0.15) is 43.0 Å². The summed E-state index contributed by atoms with van der Waals surface area (Å²) in [5, 5.41) is 3.44. The highest BCUT2D eigenvalue weighted by molar-refractivity contribution is 5.15. The first kappa shape index (κ1) is 8.75. The Morgan fingerprint density at radius 1 is 1.54 bits per heavy atom. The maximum absolute atomic E-state index is 4.59. The highest BCUT2D eigenvalue weighted by Gasteiger charge is 2.19. The van der Waals surface area contributed by atoms with Crippen LogP contribution in [0.4, 0.5) is 0 Å². The molecule has 3 heteroatoms. The molecule has 1 saturated heterocycles. The van der Waals surface area contributed by atoms with Gasteiger partial charge in [-0.25, -0.2) is 4.98 Å². The fraction of sp³-hybridized carbons (Fsp3) is 0.700. The molecule has 0 aliphatic carbocycles. The average molecular weight is 179 g/mol. The van der Waals surface area contributed by atoms with Crippen molar-refractivity contribution in [1.82, 2.24) is 15.3 Å². The van der Waals surface area contributed by atoms with Crippen molar-refractivity contribution in [3.8, 4) is 0 Å². The van der Waals surface area contributed by atoms with E-state index in [1.54, 1.807) is 0 Å². The number of rotatable bonds is 2. The normalized spacial score (nSPS) is 22.5. The van der Waals surface area contributed by atoms with Gasteiger partial charge < -0.3 is 10.3 Å². The summed E-state index contributed by atoms with van der Waals surface area (Å²) in [5.41, 5.74) is 2.44. The molecule has 13 heavy (non-hydrogen) atoms. The van der Waals surface area contributed by atoms with Gasteiger partial charge in [0.1, 0.15) is 5.82 Å². The van der Waals surface area contributed by atoms with Gasteiger partial charge in [-0.15, -0.1) is 0 Å². The second-order valence-electron chi connectivity index (χ2n) is 3.70. The fourth-order valence-corrected chi connectivity index (χ4v) is 1.95. The molecule has 0 bridgehead atoms. The van der Waals surface area contributed by atoms with E-state index in [-0.39, 0.29) is 0 Å². The summed E-state index contributed by atoms with van der Waals surface area (Å²) >= 11 is 0. The minimum absolute atomic E-state index is 0.471. The van der Waals surface area contributed by atoms with Crippen molar-refractivity contribution >= 4 is 0 Å². The second kappa shape index (κ2) is 3.50. The van der Waals surface area contributed by atoms with Gasteiger partial charge in [0.15, 0.2) is 0 Å². The van der Waals surface area contributed by atoms with E-state index in [1.165, 1.54) is 24.2 Å². The lowest BCUT2D eigenvalue weighted by Crippen LogP contribution is -2.14. The number of H-pyrrole nitrogens is 1. The quantitative estimate of drug-likeness (QED) is 0.725. The molecule has 3 nitrogen and oxygen atoms in total. The summed E-state index contributed by atoms with van der Waals surface area (Å²) in [6, 6.07) is 0.471. The molecule has 0 spiro atoms. The van der Waals surface area contributed by atoms with Crippen molar-refractivity contribution in [2.75, 3.05) is 6.54 Å². The Hall–Kier alpha value is -0.830. The Bertz CT molecular complexity index is 284. The molecule has 1 fully saturated rings. The second-order valence-corrected chi connectivity index (χ2v) is 3.70. The topological polar surface area (TPSA) is 40.7 Å². The average Bonchev–Trinajstić information content (AvgIpc) is 2.71. The minimum atomic E-state index is 0.471. The Labute approximate surface area is 79.0 Å². The van der Waals surface area contributed by atoms with E-state index >= 15 is 0 Å². The molecule has 0 radical (unpaired) electrons. The van der Waals surface area contributed by atoms with Crippen molar-refractivity contribution < 1.29 is 0 Å². The predicted octanol–water partition coefficient (Wildman–Crippen LogP) is 1.71. The van der Waals surface area contributed by atoms with E-state index < -0.39 is 0 Å². The van der Waals surface area contributed by atoms with E-state index in [0.29, 0.717) is 6.04 Å². The lowest BCUT2D eigenvalue weighted by Gasteiger charge is -2.04. The van der Waals surface area contributed by atoms with E-state index in [4.69, 9.17) is 0 Å². The third-order valence-electron chi connectivity index (χ3n) is 2.73. The van der Waals surface area contributed by atoms with Crippen LogP contribution < -0.4 is 5.32 Å². The molecular weight excluding hydrogens is 162 g/mol. The standard InChI is InChI=1S/C10H17N3/c1-3-8-7(2)12-10(13-8)9-5-4-6-11-9/h9,11H,3-6H2,1-2H3,(H,12,13)/t9-/m0/s1. The summed E-state index contributed by atoms with van der Waals surface area (Å²) in [6.07, 6.45) is 3.51. The number of hydrogen-bond donors (Lipinski definition) is 2. The molecule has 1 aliphatic heterocycles. The highest BCUT2D eigenvalue weighted by Crippen LogP contribution is 2.21. The van der Waals surface area contributed by atoms with Crippen molar-refractivity contribution in [2.24, 2.45) is 0 Å². The molecule has 2 N–H and O–H groups in total. The number of imidazole rings is 1. The van der Waals surface area contributed by atoms with Gasteiger partial charge in [-0.1, -0.05) is 6.92 Å². The van der Waals surface area contributed by atoms with Gasteiger partial charge in [0.25, 0.3) is 0 Å². The zero-order valence-electron chi connectivity index (χ0n) is 8.35. The van der Waals surface area contributed by atoms with Gasteiger partial charge in [-0.05, 0) is 32.7 Å². The third-order valence-corrected chi connectivity index (χ3v) is 2.73. The predicted molar refractivity (Wildman–Crippen MR) is 52.7 cm³/mol. The van der Waals surface area contributed by atoms with Crippen LogP contribution in [0.15, 0.2) is 0 Å². The molecule has 0 unspecified atom stereocenters. The maximum Gasteiger partial charge on any atom is 0.123 e. The number of nitrogens with one attached hydrogen (secondary N) is 2. The summed E-state index contributed by atoms with van der Waals surface area (Å²) < 4.78 is 0. The molecular formula is C10H17N3. The van der Waals surface area contributed by atoms with E-state index in [1.807, 2.05) is 0 Å². The number of hydrogen-bond acceptors (Lipinski definition) is 2. The van der Waals surface area contributed by atoms with Crippen molar-refractivity contribution in [3.63, 3.8) is 0 Å². The van der Waals surface area contributed by atoms with Gasteiger partial charge in [-0.2, -0.15) is 0 Å². The monoisotopic (exact) mass is 179 g/mol.